The zero-order valence-corrected chi connectivity index (χ0v) is 9.27. The first-order valence-corrected chi connectivity index (χ1v) is 5.50. The molecular formula is C12H16O5. The van der Waals surface area contributed by atoms with Crippen LogP contribution in [0, 0.1) is 0 Å². The van der Waals surface area contributed by atoms with Gasteiger partial charge in [-0.25, -0.2) is 0 Å². The molecular weight excluding hydrogens is 224 g/mol. The topological polar surface area (TPSA) is 79.2 Å². The number of hydrogen-bond acceptors (Lipinski definition) is 5. The molecule has 1 fully saturated rings. The van der Waals surface area contributed by atoms with Crippen molar-refractivity contribution in [2.24, 2.45) is 0 Å². The highest BCUT2D eigenvalue weighted by atomic mass is 16.7. The molecule has 1 aliphatic rings. The van der Waals surface area contributed by atoms with Crippen LogP contribution in [0.2, 0.25) is 0 Å². The van der Waals surface area contributed by atoms with Crippen molar-refractivity contribution < 1.29 is 24.8 Å². The maximum atomic E-state index is 9.51. The Hall–Kier alpha value is -0.980. The van der Waals surface area contributed by atoms with Crippen LogP contribution >= 0.6 is 0 Å². The van der Waals surface area contributed by atoms with Crippen molar-refractivity contribution in [3.8, 4) is 0 Å². The lowest BCUT2D eigenvalue weighted by atomic mass is 10.1. The lowest BCUT2D eigenvalue weighted by Gasteiger charge is -2.14. The molecule has 1 aromatic rings. The SMILES string of the molecule is O[C@@H]1[C@@H](O)[C@@H](COCc2ccccc2)O[C@@H]1O. The van der Waals surface area contributed by atoms with E-state index in [9.17, 15) is 10.2 Å². The van der Waals surface area contributed by atoms with Crippen LogP contribution in [0.5, 0.6) is 0 Å². The minimum atomic E-state index is -1.34. The average Bonchev–Trinajstić information content (AvgIpc) is 2.59. The first-order valence-electron chi connectivity index (χ1n) is 5.50. The van der Waals surface area contributed by atoms with Crippen molar-refractivity contribution in [3.05, 3.63) is 35.9 Å². The van der Waals surface area contributed by atoms with Crippen molar-refractivity contribution in [2.45, 2.75) is 31.2 Å². The fourth-order valence-electron chi connectivity index (χ4n) is 1.73. The van der Waals surface area contributed by atoms with Crippen LogP contribution in [0.4, 0.5) is 0 Å². The van der Waals surface area contributed by atoms with E-state index in [2.05, 4.69) is 0 Å². The van der Waals surface area contributed by atoms with E-state index in [0.29, 0.717) is 6.61 Å². The van der Waals surface area contributed by atoms with Gasteiger partial charge in [-0.2, -0.15) is 0 Å². The molecule has 5 heteroatoms. The second-order valence-corrected chi connectivity index (χ2v) is 4.05. The summed E-state index contributed by atoms with van der Waals surface area (Å²) >= 11 is 0. The summed E-state index contributed by atoms with van der Waals surface area (Å²) < 4.78 is 10.3. The Bertz CT molecular complexity index is 342. The third-order valence-electron chi connectivity index (χ3n) is 2.73. The Balaban J connectivity index is 1.76. The van der Waals surface area contributed by atoms with E-state index in [-0.39, 0.29) is 6.61 Å². The van der Waals surface area contributed by atoms with E-state index in [1.807, 2.05) is 30.3 Å². The van der Waals surface area contributed by atoms with Crippen LogP contribution in [0.3, 0.4) is 0 Å². The number of rotatable bonds is 4. The molecule has 0 bridgehead atoms. The van der Waals surface area contributed by atoms with Gasteiger partial charge in [-0.3, -0.25) is 0 Å². The van der Waals surface area contributed by atoms with Crippen molar-refractivity contribution in [1.29, 1.82) is 0 Å². The molecule has 1 aliphatic heterocycles. The molecule has 2 rings (SSSR count). The van der Waals surface area contributed by atoms with E-state index in [4.69, 9.17) is 14.6 Å². The maximum absolute atomic E-state index is 9.51. The molecule has 0 unspecified atom stereocenters. The summed E-state index contributed by atoms with van der Waals surface area (Å²) in [5.74, 6) is 0. The molecule has 3 N–H and O–H groups in total. The Kier molecular flexibility index (Phi) is 4.09. The quantitative estimate of drug-likeness (QED) is 0.670. The van der Waals surface area contributed by atoms with Gasteiger partial charge in [0.15, 0.2) is 6.29 Å². The van der Waals surface area contributed by atoms with Crippen molar-refractivity contribution in [3.63, 3.8) is 0 Å². The summed E-state index contributed by atoms with van der Waals surface area (Å²) in [4.78, 5) is 0. The first kappa shape index (κ1) is 12.5. The highest BCUT2D eigenvalue weighted by Gasteiger charge is 2.41. The number of ether oxygens (including phenoxy) is 2. The van der Waals surface area contributed by atoms with E-state index >= 15 is 0 Å². The van der Waals surface area contributed by atoms with Crippen molar-refractivity contribution in [2.75, 3.05) is 6.61 Å². The van der Waals surface area contributed by atoms with Crippen molar-refractivity contribution >= 4 is 0 Å². The van der Waals surface area contributed by atoms with Gasteiger partial charge in [-0.15, -0.1) is 0 Å². The number of aliphatic hydroxyl groups is 3. The van der Waals surface area contributed by atoms with E-state index in [1.54, 1.807) is 0 Å². The molecule has 0 saturated carbocycles. The molecule has 0 radical (unpaired) electrons. The maximum Gasteiger partial charge on any atom is 0.184 e. The predicted octanol–water partition coefficient (Wildman–Crippen LogP) is -0.358. The van der Waals surface area contributed by atoms with Crippen LogP contribution < -0.4 is 0 Å². The van der Waals surface area contributed by atoms with Gasteiger partial charge in [0, 0.05) is 0 Å². The second-order valence-electron chi connectivity index (χ2n) is 4.05. The molecule has 94 valence electrons. The highest BCUT2D eigenvalue weighted by Crippen LogP contribution is 2.19. The molecule has 17 heavy (non-hydrogen) atoms. The summed E-state index contributed by atoms with van der Waals surface area (Å²) in [6, 6.07) is 9.59. The Labute approximate surface area is 99.2 Å². The first-order chi connectivity index (χ1) is 8.18. The van der Waals surface area contributed by atoms with Gasteiger partial charge in [-0.05, 0) is 5.56 Å². The van der Waals surface area contributed by atoms with Crippen LogP contribution in [0.1, 0.15) is 5.56 Å². The van der Waals surface area contributed by atoms with E-state index in [1.165, 1.54) is 0 Å². The minimum absolute atomic E-state index is 0.129. The van der Waals surface area contributed by atoms with Gasteiger partial charge in [0.25, 0.3) is 0 Å². The standard InChI is InChI=1S/C12H16O5/c13-10-9(17-12(15)11(10)14)7-16-6-8-4-2-1-3-5-8/h1-5,9-15H,6-7H2/t9-,10+,11-,12+/m1/s1. The predicted molar refractivity (Wildman–Crippen MR) is 59.0 cm³/mol. The number of benzene rings is 1. The molecule has 1 heterocycles. The van der Waals surface area contributed by atoms with Gasteiger partial charge in [0.2, 0.25) is 0 Å². The molecule has 1 aromatic carbocycles. The lowest BCUT2D eigenvalue weighted by Crippen LogP contribution is -2.34. The van der Waals surface area contributed by atoms with Crippen LogP contribution in [0.25, 0.3) is 0 Å². The fraction of sp³-hybridized carbons (Fsp3) is 0.500. The Morgan fingerprint density at radius 3 is 2.35 bits per heavy atom. The minimum Gasteiger partial charge on any atom is -0.387 e. The van der Waals surface area contributed by atoms with E-state index < -0.39 is 24.6 Å². The Morgan fingerprint density at radius 2 is 1.76 bits per heavy atom. The zero-order chi connectivity index (χ0) is 12.3. The summed E-state index contributed by atoms with van der Waals surface area (Å²) in [6.45, 7) is 0.532. The third kappa shape index (κ3) is 3.02. The number of aliphatic hydroxyl groups excluding tert-OH is 3. The largest absolute Gasteiger partial charge is 0.387 e. The second kappa shape index (κ2) is 5.57. The highest BCUT2D eigenvalue weighted by molar-refractivity contribution is 5.13. The molecule has 1 saturated heterocycles. The summed E-state index contributed by atoms with van der Waals surface area (Å²) in [7, 11) is 0. The average molecular weight is 240 g/mol. The molecule has 0 amide bonds. The van der Waals surface area contributed by atoms with Crippen LogP contribution in [-0.2, 0) is 16.1 Å². The summed E-state index contributed by atoms with van der Waals surface area (Å²) in [5.41, 5.74) is 1.01. The normalized spacial score (nSPS) is 32.9. The smallest absolute Gasteiger partial charge is 0.184 e. The van der Waals surface area contributed by atoms with Gasteiger partial charge in [0.05, 0.1) is 13.2 Å². The third-order valence-corrected chi connectivity index (χ3v) is 2.73. The van der Waals surface area contributed by atoms with Crippen LogP contribution in [-0.4, -0.2) is 46.5 Å². The molecule has 5 nitrogen and oxygen atoms in total. The lowest BCUT2D eigenvalue weighted by molar-refractivity contribution is -0.137. The monoisotopic (exact) mass is 240 g/mol. The van der Waals surface area contributed by atoms with Gasteiger partial charge < -0.3 is 24.8 Å². The van der Waals surface area contributed by atoms with Gasteiger partial charge in [-0.1, -0.05) is 30.3 Å². The fourth-order valence-corrected chi connectivity index (χ4v) is 1.73. The Morgan fingerprint density at radius 1 is 1.06 bits per heavy atom. The number of hydrogen-bond donors (Lipinski definition) is 3. The van der Waals surface area contributed by atoms with Crippen molar-refractivity contribution in [1.82, 2.24) is 0 Å². The molecule has 4 atom stereocenters. The molecule has 0 spiro atoms. The summed E-state index contributed by atoms with van der Waals surface area (Å²) in [6.07, 6.45) is -4.40. The molecule has 0 aromatic heterocycles. The van der Waals surface area contributed by atoms with Gasteiger partial charge in [0.1, 0.15) is 18.3 Å². The zero-order valence-electron chi connectivity index (χ0n) is 9.27. The van der Waals surface area contributed by atoms with Gasteiger partial charge >= 0.3 is 0 Å². The summed E-state index contributed by atoms with van der Waals surface area (Å²) in [5, 5.41) is 27.9. The van der Waals surface area contributed by atoms with E-state index in [0.717, 1.165) is 5.56 Å². The molecule has 0 aliphatic carbocycles. The van der Waals surface area contributed by atoms with Crippen LogP contribution in [0.15, 0.2) is 30.3 Å².